The van der Waals surface area contributed by atoms with Gasteiger partial charge in [0.15, 0.2) is 0 Å². The highest BCUT2D eigenvalue weighted by molar-refractivity contribution is 9.10. The molecule has 0 atom stereocenters. The molecule has 2 nitrogen and oxygen atoms in total. The van der Waals surface area contributed by atoms with E-state index in [9.17, 15) is 4.39 Å². The lowest BCUT2D eigenvalue weighted by molar-refractivity contribution is 0.628. The molecular weight excluding hydrogens is 315 g/mol. The topological polar surface area (TPSA) is 38.0 Å². The van der Waals surface area contributed by atoms with Gasteiger partial charge in [0.2, 0.25) is 0 Å². The first-order valence-corrected chi connectivity index (χ1v) is 6.39. The summed E-state index contributed by atoms with van der Waals surface area (Å²) in [7, 11) is 0. The first-order valence-electron chi connectivity index (χ1n) is 5.19. The van der Waals surface area contributed by atoms with Gasteiger partial charge in [-0.1, -0.05) is 18.3 Å². The van der Waals surface area contributed by atoms with E-state index in [1.54, 1.807) is 12.1 Å². The van der Waals surface area contributed by atoms with Crippen LogP contribution in [0.15, 0.2) is 46.9 Å². The standard InChI is InChI=1S/C13H10BrFN2S/c14-10-2-1-3-11(12(10)13(16)18)17-9-6-4-8(15)5-7-9/h1-7,17H,(H2,16,18). The molecular formula is C13H10BrFN2S. The predicted molar refractivity (Wildman–Crippen MR) is 79.7 cm³/mol. The Labute approximate surface area is 118 Å². The van der Waals surface area contributed by atoms with Crippen LogP contribution in [0.1, 0.15) is 5.56 Å². The maximum Gasteiger partial charge on any atom is 0.123 e. The Balaban J connectivity index is 2.37. The molecule has 0 heterocycles. The van der Waals surface area contributed by atoms with Crippen molar-refractivity contribution >= 4 is 44.5 Å². The summed E-state index contributed by atoms with van der Waals surface area (Å²) < 4.78 is 13.6. The van der Waals surface area contributed by atoms with Crippen molar-refractivity contribution in [3.8, 4) is 0 Å². The Bertz CT molecular complexity index is 584. The smallest absolute Gasteiger partial charge is 0.123 e. The summed E-state index contributed by atoms with van der Waals surface area (Å²) in [4.78, 5) is 0.298. The van der Waals surface area contributed by atoms with Crippen molar-refractivity contribution in [2.75, 3.05) is 5.32 Å². The van der Waals surface area contributed by atoms with Crippen LogP contribution >= 0.6 is 28.1 Å². The van der Waals surface area contributed by atoms with E-state index in [0.29, 0.717) is 4.99 Å². The maximum atomic E-state index is 12.8. The zero-order valence-electron chi connectivity index (χ0n) is 9.28. The third kappa shape index (κ3) is 2.86. The molecule has 0 aliphatic heterocycles. The summed E-state index contributed by atoms with van der Waals surface area (Å²) in [5.41, 5.74) is 7.98. The molecule has 92 valence electrons. The van der Waals surface area contributed by atoms with Crippen LogP contribution < -0.4 is 11.1 Å². The van der Waals surface area contributed by atoms with Gasteiger partial charge in [-0.15, -0.1) is 0 Å². The molecule has 0 bridgehead atoms. The first kappa shape index (κ1) is 13.0. The maximum absolute atomic E-state index is 12.8. The molecule has 0 saturated heterocycles. The fourth-order valence-electron chi connectivity index (χ4n) is 1.57. The fourth-order valence-corrected chi connectivity index (χ4v) is 2.50. The minimum Gasteiger partial charge on any atom is -0.389 e. The van der Waals surface area contributed by atoms with Crippen LogP contribution in [-0.2, 0) is 0 Å². The van der Waals surface area contributed by atoms with Gasteiger partial charge < -0.3 is 11.1 Å². The lowest BCUT2D eigenvalue weighted by Gasteiger charge is -2.12. The Morgan fingerprint density at radius 1 is 1.17 bits per heavy atom. The normalized spacial score (nSPS) is 10.1. The van der Waals surface area contributed by atoms with Gasteiger partial charge in [-0.25, -0.2) is 4.39 Å². The van der Waals surface area contributed by atoms with E-state index in [0.717, 1.165) is 21.4 Å². The largest absolute Gasteiger partial charge is 0.389 e. The highest BCUT2D eigenvalue weighted by Crippen LogP contribution is 2.27. The number of hydrogen-bond acceptors (Lipinski definition) is 2. The molecule has 2 aromatic rings. The molecule has 0 radical (unpaired) electrons. The molecule has 0 fully saturated rings. The van der Waals surface area contributed by atoms with Crippen molar-refractivity contribution in [3.63, 3.8) is 0 Å². The second kappa shape index (κ2) is 5.46. The van der Waals surface area contributed by atoms with E-state index < -0.39 is 0 Å². The molecule has 0 spiro atoms. The summed E-state index contributed by atoms with van der Waals surface area (Å²) in [5.74, 6) is -0.274. The molecule has 18 heavy (non-hydrogen) atoms. The number of rotatable bonds is 3. The van der Waals surface area contributed by atoms with Crippen molar-refractivity contribution < 1.29 is 4.39 Å². The summed E-state index contributed by atoms with van der Waals surface area (Å²) in [5, 5.41) is 3.16. The summed E-state index contributed by atoms with van der Waals surface area (Å²) >= 11 is 8.43. The summed E-state index contributed by atoms with van der Waals surface area (Å²) in [6, 6.07) is 11.7. The SMILES string of the molecule is NC(=S)c1c(Br)cccc1Nc1ccc(F)cc1. The van der Waals surface area contributed by atoms with E-state index >= 15 is 0 Å². The van der Waals surface area contributed by atoms with Crippen molar-refractivity contribution in [3.05, 3.63) is 58.3 Å². The monoisotopic (exact) mass is 324 g/mol. The molecule has 2 aromatic carbocycles. The molecule has 0 aliphatic carbocycles. The van der Waals surface area contributed by atoms with Gasteiger partial charge in [0.25, 0.3) is 0 Å². The van der Waals surface area contributed by atoms with Gasteiger partial charge in [0.05, 0.1) is 0 Å². The third-order valence-electron chi connectivity index (χ3n) is 2.38. The van der Waals surface area contributed by atoms with Crippen molar-refractivity contribution in [2.24, 2.45) is 5.73 Å². The number of halogens is 2. The zero-order valence-corrected chi connectivity index (χ0v) is 11.7. The highest BCUT2D eigenvalue weighted by atomic mass is 79.9. The second-order valence-corrected chi connectivity index (χ2v) is 4.95. The molecule has 0 unspecified atom stereocenters. The van der Waals surface area contributed by atoms with Gasteiger partial charge in [-0.2, -0.15) is 0 Å². The average molecular weight is 325 g/mol. The first-order chi connectivity index (χ1) is 8.58. The van der Waals surface area contributed by atoms with E-state index in [1.807, 2.05) is 18.2 Å². The minimum atomic E-state index is -0.274. The van der Waals surface area contributed by atoms with Crippen LogP contribution in [-0.4, -0.2) is 4.99 Å². The molecule has 0 saturated carbocycles. The minimum absolute atomic E-state index is 0.274. The van der Waals surface area contributed by atoms with Crippen LogP contribution in [0.3, 0.4) is 0 Å². The molecule has 2 rings (SSSR count). The van der Waals surface area contributed by atoms with Crippen molar-refractivity contribution in [1.29, 1.82) is 0 Å². The Kier molecular flexibility index (Phi) is 3.93. The molecule has 5 heteroatoms. The fraction of sp³-hybridized carbons (Fsp3) is 0. The van der Waals surface area contributed by atoms with E-state index in [2.05, 4.69) is 21.2 Å². The summed E-state index contributed by atoms with van der Waals surface area (Å²) in [6.45, 7) is 0. The quantitative estimate of drug-likeness (QED) is 0.839. The van der Waals surface area contributed by atoms with Gasteiger partial charge in [-0.3, -0.25) is 0 Å². The van der Waals surface area contributed by atoms with E-state index in [-0.39, 0.29) is 5.82 Å². The molecule has 0 aromatic heterocycles. The van der Waals surface area contributed by atoms with Gasteiger partial charge in [0.1, 0.15) is 10.8 Å². The number of hydrogen-bond donors (Lipinski definition) is 2. The summed E-state index contributed by atoms with van der Waals surface area (Å²) in [6.07, 6.45) is 0. The van der Waals surface area contributed by atoms with Gasteiger partial charge >= 0.3 is 0 Å². The Morgan fingerprint density at radius 2 is 1.83 bits per heavy atom. The number of nitrogens with one attached hydrogen (secondary N) is 1. The molecule has 3 N–H and O–H groups in total. The van der Waals surface area contributed by atoms with Crippen LogP contribution in [0.4, 0.5) is 15.8 Å². The van der Waals surface area contributed by atoms with E-state index in [1.165, 1.54) is 12.1 Å². The lowest BCUT2D eigenvalue weighted by Crippen LogP contribution is -2.12. The van der Waals surface area contributed by atoms with Gasteiger partial charge in [-0.05, 0) is 52.3 Å². The predicted octanol–water partition coefficient (Wildman–Crippen LogP) is 3.97. The van der Waals surface area contributed by atoms with Gasteiger partial charge in [0, 0.05) is 21.4 Å². The molecule has 0 amide bonds. The third-order valence-corrected chi connectivity index (χ3v) is 3.25. The number of benzene rings is 2. The second-order valence-electron chi connectivity index (χ2n) is 3.66. The van der Waals surface area contributed by atoms with Crippen molar-refractivity contribution in [2.45, 2.75) is 0 Å². The number of thiocarbonyl (C=S) groups is 1. The number of nitrogens with two attached hydrogens (primary N) is 1. The Morgan fingerprint density at radius 3 is 2.44 bits per heavy atom. The van der Waals surface area contributed by atoms with E-state index in [4.69, 9.17) is 18.0 Å². The van der Waals surface area contributed by atoms with Crippen LogP contribution in [0.2, 0.25) is 0 Å². The van der Waals surface area contributed by atoms with Crippen molar-refractivity contribution in [1.82, 2.24) is 0 Å². The van der Waals surface area contributed by atoms with Crippen LogP contribution in [0.25, 0.3) is 0 Å². The Hall–Kier alpha value is -1.46. The average Bonchev–Trinajstić information content (AvgIpc) is 2.32. The zero-order chi connectivity index (χ0) is 13.1. The van der Waals surface area contributed by atoms with Crippen LogP contribution in [0, 0.1) is 5.82 Å². The lowest BCUT2D eigenvalue weighted by atomic mass is 10.1. The molecule has 0 aliphatic rings. The highest BCUT2D eigenvalue weighted by Gasteiger charge is 2.09. The number of anilines is 2. The van der Waals surface area contributed by atoms with Crippen LogP contribution in [0.5, 0.6) is 0 Å².